The Hall–Kier alpha value is -4.86. The highest BCUT2D eigenvalue weighted by Gasteiger charge is 2.27. The Morgan fingerprint density at radius 1 is 0.842 bits per heavy atom. The van der Waals surface area contributed by atoms with Crippen molar-refractivity contribution in [1.29, 1.82) is 0 Å². The van der Waals surface area contributed by atoms with Gasteiger partial charge in [0.2, 0.25) is 11.8 Å². The molecule has 0 unspecified atom stereocenters. The number of aromatic nitrogens is 6. The zero-order valence-corrected chi connectivity index (χ0v) is 21.1. The molecule has 0 bridgehead atoms. The maximum absolute atomic E-state index is 12.8. The Morgan fingerprint density at radius 2 is 1.53 bits per heavy atom. The summed E-state index contributed by atoms with van der Waals surface area (Å²) in [5.41, 5.74) is 4.28. The van der Waals surface area contributed by atoms with Gasteiger partial charge >= 0.3 is 0 Å². The van der Waals surface area contributed by atoms with Crippen LogP contribution in [0.4, 0.5) is 11.6 Å². The molecule has 4 aromatic heterocycles. The van der Waals surface area contributed by atoms with Crippen molar-refractivity contribution in [2.24, 2.45) is 7.05 Å². The Balaban J connectivity index is 1.18. The molecule has 6 rings (SSSR count). The highest BCUT2D eigenvalue weighted by Crippen LogP contribution is 2.27. The highest BCUT2D eigenvalue weighted by molar-refractivity contribution is 5.63. The molecule has 1 aliphatic heterocycles. The van der Waals surface area contributed by atoms with E-state index in [1.807, 2.05) is 36.4 Å². The SMILES string of the molecule is C[C@@H]1CN(c2ccc(-c3noc(-c4ccncc4)n3)cc2)CCN1c1nc(-c2ccncc2)cc(=O)n1C. The van der Waals surface area contributed by atoms with E-state index in [9.17, 15) is 4.79 Å². The summed E-state index contributed by atoms with van der Waals surface area (Å²) in [5.74, 6) is 1.68. The number of rotatable bonds is 5. The van der Waals surface area contributed by atoms with Crippen LogP contribution in [0.1, 0.15) is 6.92 Å². The molecule has 0 N–H and O–H groups in total. The average molecular weight is 507 g/mol. The molecule has 1 saturated heterocycles. The van der Waals surface area contributed by atoms with Crippen molar-refractivity contribution in [2.75, 3.05) is 29.4 Å². The van der Waals surface area contributed by atoms with Gasteiger partial charge in [0.15, 0.2) is 0 Å². The van der Waals surface area contributed by atoms with Gasteiger partial charge in [-0.1, -0.05) is 5.16 Å². The number of hydrogen-bond donors (Lipinski definition) is 0. The van der Waals surface area contributed by atoms with E-state index >= 15 is 0 Å². The van der Waals surface area contributed by atoms with Gasteiger partial charge in [0.1, 0.15) is 0 Å². The van der Waals surface area contributed by atoms with Gasteiger partial charge in [-0.3, -0.25) is 19.3 Å². The highest BCUT2D eigenvalue weighted by atomic mass is 16.5. The zero-order valence-electron chi connectivity index (χ0n) is 21.1. The molecule has 0 aliphatic carbocycles. The molecular formula is C28H26N8O2. The normalized spacial score (nSPS) is 15.6. The smallest absolute Gasteiger partial charge is 0.258 e. The number of nitrogens with zero attached hydrogens (tertiary/aromatic N) is 8. The van der Waals surface area contributed by atoms with Gasteiger partial charge < -0.3 is 14.3 Å². The summed E-state index contributed by atoms with van der Waals surface area (Å²) < 4.78 is 7.06. The van der Waals surface area contributed by atoms with Crippen LogP contribution < -0.4 is 15.4 Å². The lowest BCUT2D eigenvalue weighted by Crippen LogP contribution is -2.53. The molecule has 10 heteroatoms. The minimum absolute atomic E-state index is 0.0828. The standard InChI is InChI=1S/C28H26N8O2/c1-19-18-35(15-16-36(19)28-31-24(17-25(37)34(28)2)20-7-11-29-12-8-20)23-5-3-21(4-6-23)26-32-27(38-33-26)22-9-13-30-14-10-22/h3-14,17,19H,15-16,18H2,1-2H3/t19-/m1/s1. The second kappa shape index (κ2) is 9.89. The summed E-state index contributed by atoms with van der Waals surface area (Å²) in [4.78, 5) is 34.8. The van der Waals surface area contributed by atoms with E-state index in [0.717, 1.165) is 42.0 Å². The van der Waals surface area contributed by atoms with Crippen molar-refractivity contribution in [1.82, 2.24) is 29.7 Å². The van der Waals surface area contributed by atoms with E-state index in [2.05, 4.69) is 49.0 Å². The third kappa shape index (κ3) is 4.52. The second-order valence-electron chi connectivity index (χ2n) is 9.27. The molecule has 1 aromatic carbocycles. The number of anilines is 2. The fourth-order valence-corrected chi connectivity index (χ4v) is 4.72. The molecule has 10 nitrogen and oxygen atoms in total. The predicted octanol–water partition coefficient (Wildman–Crippen LogP) is 3.67. The van der Waals surface area contributed by atoms with E-state index in [1.54, 1.807) is 42.5 Å². The zero-order chi connectivity index (χ0) is 26.1. The molecule has 0 spiro atoms. The first-order valence-corrected chi connectivity index (χ1v) is 12.4. The lowest BCUT2D eigenvalue weighted by Gasteiger charge is -2.42. The molecule has 0 saturated carbocycles. The lowest BCUT2D eigenvalue weighted by molar-refractivity contribution is 0.432. The van der Waals surface area contributed by atoms with Crippen LogP contribution in [0.2, 0.25) is 0 Å². The molecular weight excluding hydrogens is 480 g/mol. The summed E-state index contributed by atoms with van der Waals surface area (Å²) in [6.07, 6.45) is 6.81. The fourth-order valence-electron chi connectivity index (χ4n) is 4.72. The molecule has 1 atom stereocenters. The van der Waals surface area contributed by atoms with E-state index in [4.69, 9.17) is 9.51 Å². The van der Waals surface area contributed by atoms with Gasteiger partial charge in [0, 0.05) is 86.0 Å². The summed E-state index contributed by atoms with van der Waals surface area (Å²) in [7, 11) is 1.77. The molecule has 5 aromatic rings. The van der Waals surface area contributed by atoms with Crippen LogP contribution in [0.3, 0.4) is 0 Å². The Labute approximate surface area is 219 Å². The largest absolute Gasteiger partial charge is 0.368 e. The van der Waals surface area contributed by atoms with Crippen LogP contribution >= 0.6 is 0 Å². The molecule has 1 aliphatic rings. The number of pyridine rings is 2. The molecule has 190 valence electrons. The van der Waals surface area contributed by atoms with E-state index in [-0.39, 0.29) is 11.6 Å². The number of benzene rings is 1. The predicted molar refractivity (Wildman–Crippen MR) is 145 cm³/mol. The van der Waals surface area contributed by atoms with Crippen LogP contribution in [0.25, 0.3) is 34.1 Å². The van der Waals surface area contributed by atoms with Gasteiger partial charge in [-0.2, -0.15) is 4.98 Å². The second-order valence-corrected chi connectivity index (χ2v) is 9.27. The van der Waals surface area contributed by atoms with E-state index < -0.39 is 0 Å². The molecule has 38 heavy (non-hydrogen) atoms. The van der Waals surface area contributed by atoms with Crippen molar-refractivity contribution in [3.8, 4) is 34.1 Å². The monoisotopic (exact) mass is 506 g/mol. The number of piperazine rings is 1. The summed E-state index contributed by atoms with van der Waals surface area (Å²) in [6, 6.07) is 17.3. The van der Waals surface area contributed by atoms with Crippen molar-refractivity contribution < 1.29 is 4.52 Å². The third-order valence-electron chi connectivity index (χ3n) is 6.82. The van der Waals surface area contributed by atoms with Crippen molar-refractivity contribution in [3.63, 3.8) is 0 Å². The molecule has 0 radical (unpaired) electrons. The van der Waals surface area contributed by atoms with Crippen molar-refractivity contribution >= 4 is 11.6 Å². The van der Waals surface area contributed by atoms with E-state index in [0.29, 0.717) is 23.4 Å². The van der Waals surface area contributed by atoms with Gasteiger partial charge in [-0.05, 0) is 55.5 Å². The number of hydrogen-bond acceptors (Lipinski definition) is 9. The Bertz CT molecular complexity index is 1600. The Morgan fingerprint density at radius 3 is 2.21 bits per heavy atom. The van der Waals surface area contributed by atoms with Crippen LogP contribution in [-0.4, -0.2) is 55.3 Å². The summed E-state index contributed by atoms with van der Waals surface area (Å²) in [5, 5.41) is 4.14. The van der Waals surface area contributed by atoms with Crippen LogP contribution in [0, 0.1) is 0 Å². The van der Waals surface area contributed by atoms with Crippen LogP contribution in [0.15, 0.2) is 88.7 Å². The average Bonchev–Trinajstić information content (AvgIpc) is 3.46. The maximum Gasteiger partial charge on any atom is 0.258 e. The van der Waals surface area contributed by atoms with Gasteiger partial charge in [0.05, 0.1) is 5.69 Å². The topological polar surface area (TPSA) is 106 Å². The minimum Gasteiger partial charge on any atom is -0.368 e. The van der Waals surface area contributed by atoms with E-state index in [1.165, 1.54) is 0 Å². The molecule has 0 amide bonds. The summed E-state index contributed by atoms with van der Waals surface area (Å²) in [6.45, 7) is 4.49. The first-order chi connectivity index (χ1) is 18.6. The molecule has 5 heterocycles. The van der Waals surface area contributed by atoms with Gasteiger partial charge in [0.25, 0.3) is 11.4 Å². The van der Waals surface area contributed by atoms with Gasteiger partial charge in [-0.25, -0.2) is 4.98 Å². The lowest BCUT2D eigenvalue weighted by atomic mass is 10.1. The van der Waals surface area contributed by atoms with Crippen LogP contribution in [0.5, 0.6) is 0 Å². The molecule has 1 fully saturated rings. The van der Waals surface area contributed by atoms with Crippen LogP contribution in [-0.2, 0) is 7.05 Å². The van der Waals surface area contributed by atoms with Gasteiger partial charge in [-0.15, -0.1) is 0 Å². The quantitative estimate of drug-likeness (QED) is 0.353. The Kier molecular flexibility index (Phi) is 6.12. The first kappa shape index (κ1) is 23.5. The summed E-state index contributed by atoms with van der Waals surface area (Å²) >= 11 is 0. The fraction of sp³-hybridized carbons (Fsp3) is 0.214. The third-order valence-corrected chi connectivity index (χ3v) is 6.82. The van der Waals surface area contributed by atoms with Crippen molar-refractivity contribution in [3.05, 3.63) is 89.7 Å². The first-order valence-electron chi connectivity index (χ1n) is 12.4. The van der Waals surface area contributed by atoms with Crippen molar-refractivity contribution in [2.45, 2.75) is 13.0 Å². The maximum atomic E-state index is 12.8. The minimum atomic E-state index is -0.0828.